The molecular formula is C12H12N4S. The predicted molar refractivity (Wildman–Crippen MR) is 69.1 cm³/mol. The van der Waals surface area contributed by atoms with Crippen molar-refractivity contribution in [3.05, 3.63) is 54.0 Å². The van der Waals surface area contributed by atoms with Gasteiger partial charge in [-0.3, -0.25) is 10.4 Å². The van der Waals surface area contributed by atoms with Crippen LogP contribution >= 0.6 is 11.8 Å². The van der Waals surface area contributed by atoms with Crippen LogP contribution in [-0.2, 0) is 5.75 Å². The van der Waals surface area contributed by atoms with Gasteiger partial charge in [0.25, 0.3) is 0 Å². The first-order chi connectivity index (χ1) is 8.25. The van der Waals surface area contributed by atoms with Crippen LogP contribution in [0.1, 0.15) is 11.3 Å². The molecule has 2 aromatic rings. The van der Waals surface area contributed by atoms with Crippen LogP contribution in [-0.4, -0.2) is 15.8 Å². The smallest absolute Gasteiger partial charge is 0.141 e. The summed E-state index contributed by atoms with van der Waals surface area (Å²) >= 11 is 1.64. The van der Waals surface area contributed by atoms with Gasteiger partial charge in [-0.05, 0) is 29.8 Å². The second-order valence-electron chi connectivity index (χ2n) is 3.42. The zero-order chi connectivity index (χ0) is 12.1. The van der Waals surface area contributed by atoms with E-state index in [1.165, 1.54) is 0 Å². The van der Waals surface area contributed by atoms with Gasteiger partial charge in [0.1, 0.15) is 11.5 Å². The highest BCUT2D eigenvalue weighted by molar-refractivity contribution is 7.98. The first-order valence-corrected chi connectivity index (χ1v) is 6.07. The molecule has 2 heterocycles. The Hall–Kier alpha value is -1.88. The van der Waals surface area contributed by atoms with E-state index in [1.54, 1.807) is 24.2 Å². The maximum Gasteiger partial charge on any atom is 0.141 e. The molecule has 2 aromatic heterocycles. The summed E-state index contributed by atoms with van der Waals surface area (Å²) in [5.41, 5.74) is 6.99. The minimum absolute atomic E-state index is 0.00492. The normalized spacial score (nSPS) is 10.1. The number of hydrogen-bond donors (Lipinski definition) is 2. The van der Waals surface area contributed by atoms with Gasteiger partial charge in [0, 0.05) is 18.1 Å². The third-order valence-corrected chi connectivity index (χ3v) is 3.14. The molecule has 0 bridgehead atoms. The molecule has 0 aliphatic carbocycles. The second kappa shape index (κ2) is 5.45. The summed E-state index contributed by atoms with van der Waals surface area (Å²) in [6.45, 7) is 0. The molecular weight excluding hydrogens is 232 g/mol. The summed E-state index contributed by atoms with van der Waals surface area (Å²) in [5.74, 6) is 0.787. The van der Waals surface area contributed by atoms with E-state index in [0.717, 1.165) is 16.3 Å². The van der Waals surface area contributed by atoms with E-state index in [2.05, 4.69) is 9.97 Å². The average Bonchev–Trinajstić information content (AvgIpc) is 2.38. The first kappa shape index (κ1) is 11.6. The van der Waals surface area contributed by atoms with E-state index in [4.69, 9.17) is 11.1 Å². The first-order valence-electron chi connectivity index (χ1n) is 5.09. The lowest BCUT2D eigenvalue weighted by Gasteiger charge is -2.03. The highest BCUT2D eigenvalue weighted by Crippen LogP contribution is 2.20. The summed E-state index contributed by atoms with van der Waals surface area (Å²) in [4.78, 5) is 8.25. The number of aromatic nitrogens is 2. The fraction of sp³-hybridized carbons (Fsp3) is 0.0833. The summed E-state index contributed by atoms with van der Waals surface area (Å²) < 4.78 is 0. The van der Waals surface area contributed by atoms with Gasteiger partial charge in [0.2, 0.25) is 0 Å². The number of nitrogen functional groups attached to an aromatic ring is 1. The Morgan fingerprint density at radius 3 is 2.82 bits per heavy atom. The minimum atomic E-state index is -0.00492. The number of pyridine rings is 2. The number of amidine groups is 1. The molecule has 0 aliphatic heterocycles. The van der Waals surface area contributed by atoms with E-state index >= 15 is 0 Å². The van der Waals surface area contributed by atoms with Crippen LogP contribution in [0.5, 0.6) is 0 Å². The molecule has 0 radical (unpaired) electrons. The van der Waals surface area contributed by atoms with Gasteiger partial charge in [-0.15, -0.1) is 11.8 Å². The number of nitrogens with zero attached hydrogens (tertiary/aromatic N) is 2. The fourth-order valence-electron chi connectivity index (χ4n) is 1.30. The Balaban J connectivity index is 2.04. The molecule has 0 unspecified atom stereocenters. The van der Waals surface area contributed by atoms with Crippen molar-refractivity contribution in [2.24, 2.45) is 5.73 Å². The molecule has 0 saturated heterocycles. The van der Waals surface area contributed by atoms with E-state index in [1.807, 2.05) is 30.3 Å². The Morgan fingerprint density at radius 2 is 2.12 bits per heavy atom. The highest BCUT2D eigenvalue weighted by atomic mass is 32.2. The predicted octanol–water partition coefficient (Wildman–Crippen LogP) is 2.05. The Bertz CT molecular complexity index is 513. The topological polar surface area (TPSA) is 75.7 Å². The van der Waals surface area contributed by atoms with Crippen molar-refractivity contribution < 1.29 is 0 Å². The van der Waals surface area contributed by atoms with Crippen LogP contribution in [0.25, 0.3) is 0 Å². The lowest BCUT2D eigenvalue weighted by Crippen LogP contribution is -2.13. The third-order valence-electron chi connectivity index (χ3n) is 2.12. The van der Waals surface area contributed by atoms with Gasteiger partial charge in [-0.1, -0.05) is 6.07 Å². The monoisotopic (exact) mass is 244 g/mol. The molecule has 0 spiro atoms. The van der Waals surface area contributed by atoms with Crippen molar-refractivity contribution in [3.63, 3.8) is 0 Å². The number of hydrogen-bond acceptors (Lipinski definition) is 4. The number of nitrogens with two attached hydrogens (primary N) is 1. The summed E-state index contributed by atoms with van der Waals surface area (Å²) in [6, 6.07) is 9.58. The van der Waals surface area contributed by atoms with Crippen molar-refractivity contribution >= 4 is 17.6 Å². The fourth-order valence-corrected chi connectivity index (χ4v) is 2.11. The molecule has 0 saturated carbocycles. The van der Waals surface area contributed by atoms with Gasteiger partial charge in [-0.25, -0.2) is 4.98 Å². The molecule has 17 heavy (non-hydrogen) atoms. The molecule has 86 valence electrons. The molecule has 0 atom stereocenters. The van der Waals surface area contributed by atoms with Crippen LogP contribution in [0.3, 0.4) is 0 Å². The minimum Gasteiger partial charge on any atom is -0.382 e. The molecule has 0 aliphatic rings. The van der Waals surface area contributed by atoms with Gasteiger partial charge in [0.05, 0.1) is 5.03 Å². The molecule has 3 N–H and O–H groups in total. The summed E-state index contributed by atoms with van der Waals surface area (Å²) in [5, 5.41) is 8.30. The SMILES string of the molecule is N=C(N)c1cc(CSc2ccccn2)ccn1. The molecule has 5 heteroatoms. The lowest BCUT2D eigenvalue weighted by atomic mass is 10.2. The van der Waals surface area contributed by atoms with Crippen molar-refractivity contribution in [2.45, 2.75) is 10.8 Å². The van der Waals surface area contributed by atoms with Crippen LogP contribution in [0, 0.1) is 5.41 Å². The molecule has 0 amide bonds. The summed E-state index contributed by atoms with van der Waals surface area (Å²) in [7, 11) is 0. The Kier molecular flexibility index (Phi) is 3.72. The molecule has 4 nitrogen and oxygen atoms in total. The zero-order valence-electron chi connectivity index (χ0n) is 9.13. The standard InChI is InChI=1S/C12H12N4S/c13-12(14)10-7-9(4-6-15-10)8-17-11-3-1-2-5-16-11/h1-7H,8H2,(H3,13,14). The Morgan fingerprint density at radius 1 is 1.24 bits per heavy atom. The molecule has 0 fully saturated rings. The van der Waals surface area contributed by atoms with E-state index in [0.29, 0.717) is 5.69 Å². The van der Waals surface area contributed by atoms with Crippen LogP contribution in [0.2, 0.25) is 0 Å². The Labute approximate surface area is 104 Å². The van der Waals surface area contributed by atoms with Crippen molar-refractivity contribution in [2.75, 3.05) is 0 Å². The van der Waals surface area contributed by atoms with Crippen molar-refractivity contribution in [1.29, 1.82) is 5.41 Å². The van der Waals surface area contributed by atoms with Crippen LogP contribution in [0.4, 0.5) is 0 Å². The van der Waals surface area contributed by atoms with Crippen molar-refractivity contribution in [3.8, 4) is 0 Å². The van der Waals surface area contributed by atoms with Crippen LogP contribution < -0.4 is 5.73 Å². The summed E-state index contributed by atoms with van der Waals surface area (Å²) in [6.07, 6.45) is 3.45. The van der Waals surface area contributed by atoms with Gasteiger partial charge in [-0.2, -0.15) is 0 Å². The van der Waals surface area contributed by atoms with Crippen molar-refractivity contribution in [1.82, 2.24) is 9.97 Å². The third kappa shape index (κ3) is 3.29. The maximum absolute atomic E-state index is 7.32. The molecule has 0 aromatic carbocycles. The number of nitrogens with one attached hydrogen (secondary N) is 1. The number of thioether (sulfide) groups is 1. The molecule has 2 rings (SSSR count). The van der Waals surface area contributed by atoms with Crippen LogP contribution in [0.15, 0.2) is 47.8 Å². The number of rotatable bonds is 4. The van der Waals surface area contributed by atoms with E-state index < -0.39 is 0 Å². The second-order valence-corrected chi connectivity index (χ2v) is 4.42. The largest absolute Gasteiger partial charge is 0.382 e. The van der Waals surface area contributed by atoms with Gasteiger partial charge < -0.3 is 5.73 Å². The van der Waals surface area contributed by atoms with Gasteiger partial charge >= 0.3 is 0 Å². The maximum atomic E-state index is 7.32. The quantitative estimate of drug-likeness (QED) is 0.490. The van der Waals surface area contributed by atoms with E-state index in [9.17, 15) is 0 Å². The lowest BCUT2D eigenvalue weighted by molar-refractivity contribution is 1.13. The highest BCUT2D eigenvalue weighted by Gasteiger charge is 2.01. The van der Waals surface area contributed by atoms with E-state index in [-0.39, 0.29) is 5.84 Å². The zero-order valence-corrected chi connectivity index (χ0v) is 9.95. The van der Waals surface area contributed by atoms with Gasteiger partial charge in [0.15, 0.2) is 0 Å². The average molecular weight is 244 g/mol.